The van der Waals surface area contributed by atoms with Crippen LogP contribution in [0.5, 0.6) is 0 Å². The van der Waals surface area contributed by atoms with Gasteiger partial charge in [-0.2, -0.15) is 5.10 Å². The van der Waals surface area contributed by atoms with Gasteiger partial charge in [0.2, 0.25) is 6.41 Å². The second-order valence-corrected chi connectivity index (χ2v) is 6.95. The Hall–Kier alpha value is -4.07. The molecule has 2 N–H and O–H groups in total. The van der Waals surface area contributed by atoms with Crippen LogP contribution in [0.2, 0.25) is 0 Å². The summed E-state index contributed by atoms with van der Waals surface area (Å²) in [5.41, 5.74) is 3.98. The molecule has 0 saturated heterocycles. The number of nitrogens with zero attached hydrogens (tertiary/aromatic N) is 4. The van der Waals surface area contributed by atoms with Crippen LogP contribution in [0.15, 0.2) is 73.3 Å². The number of rotatable bonds is 9. The van der Waals surface area contributed by atoms with E-state index in [1.807, 2.05) is 30.3 Å². The Kier molecular flexibility index (Phi) is 6.27. The van der Waals surface area contributed by atoms with Gasteiger partial charge in [-0.1, -0.05) is 18.2 Å². The number of benzene rings is 1. The lowest BCUT2D eigenvalue weighted by Crippen LogP contribution is -2.23. The third-order valence-electron chi connectivity index (χ3n) is 4.78. The fourth-order valence-electron chi connectivity index (χ4n) is 3.25. The molecule has 1 amide bonds. The van der Waals surface area contributed by atoms with Crippen molar-refractivity contribution in [3.05, 3.63) is 90.3 Å². The number of H-pyrrole nitrogens is 1. The molecule has 1 aromatic carbocycles. The number of nitrogens with one attached hydrogen (secondary N) is 2. The number of hydrogen-bond donors (Lipinski definition) is 2. The van der Waals surface area contributed by atoms with Crippen molar-refractivity contribution in [2.45, 2.75) is 13.0 Å². The summed E-state index contributed by atoms with van der Waals surface area (Å²) >= 11 is 0. The van der Waals surface area contributed by atoms with Crippen molar-refractivity contribution in [2.24, 2.45) is 0 Å². The average molecular weight is 416 g/mol. The Bertz CT molecular complexity index is 1130. The lowest BCUT2D eigenvalue weighted by atomic mass is 10.1. The quantitative estimate of drug-likeness (QED) is 0.405. The number of hydrogen-bond acceptors (Lipinski definition) is 5. The Morgan fingerprint density at radius 3 is 2.74 bits per heavy atom. The summed E-state index contributed by atoms with van der Waals surface area (Å²) in [5.74, 6) is 0.299. The molecule has 0 bridgehead atoms. The van der Waals surface area contributed by atoms with Crippen molar-refractivity contribution >= 4 is 17.9 Å². The maximum Gasteiger partial charge on any atom is 0.214 e. The topological polar surface area (TPSA) is 86.8 Å². The fraction of sp³-hybridized carbons (Fsp3) is 0.130. The van der Waals surface area contributed by atoms with E-state index in [0.717, 1.165) is 28.8 Å². The second kappa shape index (κ2) is 9.62. The molecule has 0 aliphatic heterocycles. The number of aromatic amines is 1. The van der Waals surface area contributed by atoms with Crippen LogP contribution >= 0.6 is 0 Å². The number of amides is 1. The van der Waals surface area contributed by atoms with Gasteiger partial charge in [-0.3, -0.25) is 14.9 Å². The molecule has 0 atom stereocenters. The molecule has 0 radical (unpaired) electrons. The van der Waals surface area contributed by atoms with Crippen molar-refractivity contribution in [3.8, 4) is 11.3 Å². The maximum atomic E-state index is 13.5. The summed E-state index contributed by atoms with van der Waals surface area (Å²) in [6.07, 6.45) is 8.24. The van der Waals surface area contributed by atoms with Gasteiger partial charge in [0.05, 0.1) is 24.1 Å². The van der Waals surface area contributed by atoms with Crippen LogP contribution in [0.25, 0.3) is 11.3 Å². The molecule has 7 nitrogen and oxygen atoms in total. The number of anilines is 2. The van der Waals surface area contributed by atoms with E-state index >= 15 is 0 Å². The Morgan fingerprint density at radius 2 is 2.00 bits per heavy atom. The van der Waals surface area contributed by atoms with Crippen molar-refractivity contribution < 1.29 is 9.18 Å². The highest BCUT2D eigenvalue weighted by Gasteiger charge is 2.15. The first kappa shape index (κ1) is 20.2. The van der Waals surface area contributed by atoms with Crippen LogP contribution in [0.4, 0.5) is 15.9 Å². The largest absolute Gasteiger partial charge is 0.368 e. The monoisotopic (exact) mass is 416 g/mol. The van der Waals surface area contributed by atoms with E-state index < -0.39 is 0 Å². The van der Waals surface area contributed by atoms with Crippen molar-refractivity contribution in [1.29, 1.82) is 0 Å². The van der Waals surface area contributed by atoms with Gasteiger partial charge in [0, 0.05) is 30.7 Å². The Morgan fingerprint density at radius 1 is 1.10 bits per heavy atom. The summed E-state index contributed by atoms with van der Waals surface area (Å²) < 4.78 is 13.5. The van der Waals surface area contributed by atoms with Gasteiger partial charge in [0.1, 0.15) is 5.82 Å². The minimum Gasteiger partial charge on any atom is -0.368 e. The van der Waals surface area contributed by atoms with Gasteiger partial charge in [-0.25, -0.2) is 9.37 Å². The molecular weight excluding hydrogens is 395 g/mol. The third kappa shape index (κ3) is 5.11. The van der Waals surface area contributed by atoms with Gasteiger partial charge in [0.15, 0.2) is 5.82 Å². The highest BCUT2D eigenvalue weighted by atomic mass is 19.1. The summed E-state index contributed by atoms with van der Waals surface area (Å²) in [6, 6.07) is 13.9. The van der Waals surface area contributed by atoms with Crippen LogP contribution < -0.4 is 10.2 Å². The summed E-state index contributed by atoms with van der Waals surface area (Å²) in [7, 11) is 0. The van der Waals surface area contributed by atoms with Crippen molar-refractivity contribution in [2.75, 3.05) is 16.8 Å². The molecule has 0 fully saturated rings. The second-order valence-electron chi connectivity index (χ2n) is 6.95. The normalized spacial score (nSPS) is 10.6. The van der Waals surface area contributed by atoms with Crippen molar-refractivity contribution in [3.63, 3.8) is 0 Å². The molecule has 31 heavy (non-hydrogen) atoms. The molecule has 8 heteroatoms. The Balaban J connectivity index is 1.59. The fourth-order valence-corrected chi connectivity index (χ4v) is 3.25. The van der Waals surface area contributed by atoms with E-state index in [1.54, 1.807) is 35.8 Å². The molecule has 3 heterocycles. The molecule has 0 saturated carbocycles. The first-order chi connectivity index (χ1) is 15.2. The lowest BCUT2D eigenvalue weighted by Gasteiger charge is -2.21. The van der Waals surface area contributed by atoms with E-state index in [9.17, 15) is 9.18 Å². The van der Waals surface area contributed by atoms with Crippen LogP contribution in [-0.4, -0.2) is 33.1 Å². The number of pyridine rings is 2. The molecule has 156 valence electrons. The predicted molar refractivity (Wildman–Crippen MR) is 117 cm³/mol. The zero-order valence-corrected chi connectivity index (χ0v) is 16.7. The summed E-state index contributed by atoms with van der Waals surface area (Å²) in [4.78, 5) is 22.3. The Labute approximate surface area is 179 Å². The molecule has 3 aromatic heterocycles. The van der Waals surface area contributed by atoms with Crippen molar-refractivity contribution in [1.82, 2.24) is 20.2 Å². The minimum atomic E-state index is -0.262. The predicted octanol–water partition coefficient (Wildman–Crippen LogP) is 3.82. The van der Waals surface area contributed by atoms with Crippen LogP contribution in [0.3, 0.4) is 0 Å². The molecule has 0 aliphatic rings. The highest BCUT2D eigenvalue weighted by molar-refractivity contribution is 5.83. The molecule has 0 unspecified atom stereocenters. The van der Waals surface area contributed by atoms with Crippen LogP contribution in [0.1, 0.15) is 11.1 Å². The van der Waals surface area contributed by atoms with Gasteiger partial charge >= 0.3 is 0 Å². The smallest absolute Gasteiger partial charge is 0.214 e. The van der Waals surface area contributed by atoms with E-state index in [2.05, 4.69) is 20.5 Å². The van der Waals surface area contributed by atoms with Gasteiger partial charge in [-0.15, -0.1) is 0 Å². The standard InChI is InChI=1S/C23H21FN6O/c24-20-5-1-3-17(11-20)8-10-26-23-22(7-6-21(29-23)19-13-27-28-14-19)30(16-31)15-18-4-2-9-25-12-18/h1-7,9,11-14,16H,8,10,15H2,(H,26,29)(H,27,28). The maximum absolute atomic E-state index is 13.5. The lowest BCUT2D eigenvalue weighted by molar-refractivity contribution is -0.107. The van der Waals surface area contributed by atoms with E-state index in [0.29, 0.717) is 31.0 Å². The van der Waals surface area contributed by atoms with Gasteiger partial charge in [-0.05, 0) is 47.9 Å². The van der Waals surface area contributed by atoms with Crippen LogP contribution in [0, 0.1) is 5.82 Å². The first-order valence-corrected chi connectivity index (χ1v) is 9.82. The van der Waals surface area contributed by atoms with E-state index in [1.165, 1.54) is 12.1 Å². The summed E-state index contributed by atoms with van der Waals surface area (Å²) in [6.45, 7) is 0.889. The minimum absolute atomic E-state index is 0.262. The number of carbonyl (C=O) groups excluding carboxylic acids is 1. The third-order valence-corrected chi connectivity index (χ3v) is 4.78. The summed E-state index contributed by atoms with van der Waals surface area (Å²) in [5, 5.41) is 10.1. The number of carbonyl (C=O) groups is 1. The van der Waals surface area contributed by atoms with Gasteiger partial charge in [0.25, 0.3) is 0 Å². The number of aromatic nitrogens is 4. The zero-order valence-electron chi connectivity index (χ0n) is 16.7. The molecule has 4 rings (SSSR count). The van der Waals surface area contributed by atoms with Gasteiger partial charge < -0.3 is 10.2 Å². The molecule has 0 aliphatic carbocycles. The van der Waals surface area contributed by atoms with E-state index in [4.69, 9.17) is 4.98 Å². The van der Waals surface area contributed by atoms with Crippen LogP contribution in [-0.2, 0) is 17.8 Å². The zero-order chi connectivity index (χ0) is 21.5. The number of halogens is 1. The average Bonchev–Trinajstić information content (AvgIpc) is 3.33. The molecule has 4 aromatic rings. The SMILES string of the molecule is O=CN(Cc1cccnc1)c1ccc(-c2cn[nH]c2)nc1NCCc1cccc(F)c1. The molecule has 0 spiro atoms. The highest BCUT2D eigenvalue weighted by Crippen LogP contribution is 2.28. The molecular formula is C23H21FN6O. The van der Waals surface area contributed by atoms with E-state index in [-0.39, 0.29) is 5.82 Å². The first-order valence-electron chi connectivity index (χ1n) is 9.82.